The molecule has 2 rings (SSSR count). The highest BCUT2D eigenvalue weighted by Gasteiger charge is 2.19. The highest BCUT2D eigenvalue weighted by atomic mass is 32.1. The standard InChI is InChI=1S/C18H27N3OS/c1-6-20(12-16-8-7-9-23-16)18(22)10-17-14(4)19-21(15(17)5)11-13(2)3/h7-9,13H,6,10-12H2,1-5H3. The Hall–Kier alpha value is -1.62. The van der Waals surface area contributed by atoms with Gasteiger partial charge in [0.05, 0.1) is 18.7 Å². The number of hydrogen-bond acceptors (Lipinski definition) is 3. The number of aromatic nitrogens is 2. The smallest absolute Gasteiger partial charge is 0.227 e. The van der Waals surface area contributed by atoms with Gasteiger partial charge in [-0.1, -0.05) is 19.9 Å². The third kappa shape index (κ3) is 4.44. The molecule has 0 bridgehead atoms. The van der Waals surface area contributed by atoms with Gasteiger partial charge in [-0.15, -0.1) is 11.3 Å². The summed E-state index contributed by atoms with van der Waals surface area (Å²) in [6.45, 7) is 12.8. The fraction of sp³-hybridized carbons (Fsp3) is 0.556. The first-order valence-electron chi connectivity index (χ1n) is 8.25. The van der Waals surface area contributed by atoms with Crippen LogP contribution in [0.2, 0.25) is 0 Å². The molecule has 0 aliphatic carbocycles. The lowest BCUT2D eigenvalue weighted by Gasteiger charge is -2.20. The van der Waals surface area contributed by atoms with Gasteiger partial charge < -0.3 is 4.90 Å². The number of nitrogens with zero attached hydrogens (tertiary/aromatic N) is 3. The molecule has 0 unspecified atom stereocenters. The second kappa shape index (κ2) is 7.77. The average molecular weight is 334 g/mol. The number of aryl methyl sites for hydroxylation is 1. The molecule has 0 fully saturated rings. The topological polar surface area (TPSA) is 38.1 Å². The zero-order valence-corrected chi connectivity index (χ0v) is 15.6. The third-order valence-corrected chi connectivity index (χ3v) is 4.92. The largest absolute Gasteiger partial charge is 0.338 e. The van der Waals surface area contributed by atoms with Gasteiger partial charge in [0.25, 0.3) is 0 Å². The van der Waals surface area contributed by atoms with E-state index in [1.807, 2.05) is 29.5 Å². The predicted octanol–water partition coefficient (Wildman–Crippen LogP) is 3.81. The number of rotatable bonds is 7. The molecule has 0 saturated heterocycles. The number of thiophene rings is 1. The van der Waals surface area contributed by atoms with Crippen LogP contribution in [0.3, 0.4) is 0 Å². The molecule has 0 spiro atoms. The predicted molar refractivity (Wildman–Crippen MR) is 95.7 cm³/mol. The second-order valence-corrected chi connectivity index (χ2v) is 7.42. The van der Waals surface area contributed by atoms with Crippen LogP contribution in [0.25, 0.3) is 0 Å². The summed E-state index contributed by atoms with van der Waals surface area (Å²) in [5, 5.41) is 6.67. The number of likely N-dealkylation sites (N-methyl/N-ethyl adjacent to an activating group) is 1. The molecule has 0 radical (unpaired) electrons. The lowest BCUT2D eigenvalue weighted by molar-refractivity contribution is -0.130. The Kier molecular flexibility index (Phi) is 5.99. The summed E-state index contributed by atoms with van der Waals surface area (Å²) in [6, 6.07) is 4.11. The molecule has 1 amide bonds. The molecule has 23 heavy (non-hydrogen) atoms. The Labute approximate surface area is 143 Å². The van der Waals surface area contributed by atoms with Crippen LogP contribution in [0, 0.1) is 19.8 Å². The van der Waals surface area contributed by atoms with Crippen molar-refractivity contribution in [1.29, 1.82) is 0 Å². The van der Waals surface area contributed by atoms with E-state index in [2.05, 4.69) is 37.3 Å². The van der Waals surface area contributed by atoms with Gasteiger partial charge in [0, 0.05) is 29.2 Å². The van der Waals surface area contributed by atoms with Gasteiger partial charge in [0.1, 0.15) is 0 Å². The molecule has 0 aliphatic heterocycles. The first-order valence-corrected chi connectivity index (χ1v) is 9.13. The van der Waals surface area contributed by atoms with Crippen LogP contribution in [0.15, 0.2) is 17.5 Å². The summed E-state index contributed by atoms with van der Waals surface area (Å²) in [4.78, 5) is 15.8. The molecule has 4 nitrogen and oxygen atoms in total. The highest BCUT2D eigenvalue weighted by Crippen LogP contribution is 2.18. The van der Waals surface area contributed by atoms with Crippen LogP contribution in [-0.4, -0.2) is 27.1 Å². The SMILES string of the molecule is CCN(Cc1cccs1)C(=O)Cc1c(C)nn(CC(C)C)c1C. The van der Waals surface area contributed by atoms with Gasteiger partial charge in [-0.3, -0.25) is 9.48 Å². The van der Waals surface area contributed by atoms with E-state index in [1.165, 1.54) is 4.88 Å². The Morgan fingerprint density at radius 3 is 2.70 bits per heavy atom. The first-order chi connectivity index (χ1) is 10.9. The van der Waals surface area contributed by atoms with Gasteiger partial charge in [-0.25, -0.2) is 0 Å². The van der Waals surface area contributed by atoms with Gasteiger partial charge in [0.15, 0.2) is 0 Å². The van der Waals surface area contributed by atoms with E-state index in [4.69, 9.17) is 0 Å². The fourth-order valence-electron chi connectivity index (χ4n) is 2.74. The van der Waals surface area contributed by atoms with Crippen LogP contribution >= 0.6 is 11.3 Å². The monoisotopic (exact) mass is 333 g/mol. The van der Waals surface area contributed by atoms with E-state index < -0.39 is 0 Å². The lowest BCUT2D eigenvalue weighted by Crippen LogP contribution is -2.31. The Morgan fingerprint density at radius 2 is 2.13 bits per heavy atom. The van der Waals surface area contributed by atoms with Crippen LogP contribution in [0.4, 0.5) is 0 Å². The minimum atomic E-state index is 0.177. The highest BCUT2D eigenvalue weighted by molar-refractivity contribution is 7.09. The molecule has 0 N–H and O–H groups in total. The van der Waals surface area contributed by atoms with Gasteiger partial charge in [-0.05, 0) is 38.1 Å². The minimum Gasteiger partial charge on any atom is -0.338 e. The summed E-state index contributed by atoms with van der Waals surface area (Å²) in [7, 11) is 0. The van der Waals surface area contributed by atoms with Crippen LogP contribution in [-0.2, 0) is 24.3 Å². The van der Waals surface area contributed by atoms with E-state index in [-0.39, 0.29) is 5.91 Å². The van der Waals surface area contributed by atoms with Crippen molar-refractivity contribution in [3.05, 3.63) is 39.3 Å². The zero-order chi connectivity index (χ0) is 17.0. The van der Waals surface area contributed by atoms with Crippen molar-refractivity contribution in [2.75, 3.05) is 6.54 Å². The van der Waals surface area contributed by atoms with E-state index in [0.29, 0.717) is 18.9 Å². The summed E-state index contributed by atoms with van der Waals surface area (Å²) in [5.74, 6) is 0.721. The van der Waals surface area contributed by atoms with Crippen LogP contribution in [0.1, 0.15) is 42.6 Å². The van der Waals surface area contributed by atoms with Crippen molar-refractivity contribution >= 4 is 17.2 Å². The van der Waals surface area contributed by atoms with E-state index >= 15 is 0 Å². The molecule has 2 aromatic heterocycles. The number of carbonyl (C=O) groups is 1. The maximum Gasteiger partial charge on any atom is 0.227 e. The molecule has 0 aliphatic rings. The van der Waals surface area contributed by atoms with Gasteiger partial charge >= 0.3 is 0 Å². The molecule has 126 valence electrons. The normalized spacial score (nSPS) is 11.2. The minimum absolute atomic E-state index is 0.177. The Bertz CT molecular complexity index is 644. The van der Waals surface area contributed by atoms with Gasteiger partial charge in [0.2, 0.25) is 5.91 Å². The van der Waals surface area contributed by atoms with E-state index in [9.17, 15) is 4.79 Å². The lowest BCUT2D eigenvalue weighted by atomic mass is 10.1. The van der Waals surface area contributed by atoms with Crippen LogP contribution < -0.4 is 0 Å². The molecular weight excluding hydrogens is 306 g/mol. The summed E-state index contributed by atoms with van der Waals surface area (Å²) < 4.78 is 2.04. The van der Waals surface area contributed by atoms with Crippen molar-refractivity contribution in [3.63, 3.8) is 0 Å². The molecule has 0 saturated carbocycles. The number of carbonyl (C=O) groups excluding carboxylic acids is 1. The molecule has 5 heteroatoms. The molecule has 2 aromatic rings. The van der Waals surface area contributed by atoms with E-state index in [0.717, 1.165) is 30.0 Å². The maximum absolute atomic E-state index is 12.7. The fourth-order valence-corrected chi connectivity index (χ4v) is 3.46. The van der Waals surface area contributed by atoms with Crippen molar-refractivity contribution in [2.24, 2.45) is 5.92 Å². The second-order valence-electron chi connectivity index (χ2n) is 6.39. The molecule has 2 heterocycles. The van der Waals surface area contributed by atoms with Gasteiger partial charge in [-0.2, -0.15) is 5.10 Å². The average Bonchev–Trinajstić information content (AvgIpc) is 3.08. The molecule has 0 aromatic carbocycles. The van der Waals surface area contributed by atoms with Crippen molar-refractivity contribution in [3.8, 4) is 0 Å². The Morgan fingerprint density at radius 1 is 1.39 bits per heavy atom. The maximum atomic E-state index is 12.7. The number of amides is 1. The third-order valence-electron chi connectivity index (χ3n) is 4.06. The number of hydrogen-bond donors (Lipinski definition) is 0. The zero-order valence-electron chi connectivity index (χ0n) is 14.8. The summed E-state index contributed by atoms with van der Waals surface area (Å²) in [5.41, 5.74) is 3.18. The summed E-state index contributed by atoms with van der Waals surface area (Å²) in [6.07, 6.45) is 0.439. The van der Waals surface area contributed by atoms with Crippen molar-refractivity contribution in [1.82, 2.24) is 14.7 Å². The quantitative estimate of drug-likeness (QED) is 0.773. The molecular formula is C18H27N3OS. The molecule has 0 atom stereocenters. The first kappa shape index (κ1) is 17.7. The Balaban J connectivity index is 2.11. The van der Waals surface area contributed by atoms with E-state index in [1.54, 1.807) is 11.3 Å². The van der Waals surface area contributed by atoms with Crippen molar-refractivity contribution in [2.45, 2.75) is 54.1 Å². The summed E-state index contributed by atoms with van der Waals surface area (Å²) >= 11 is 1.70. The van der Waals surface area contributed by atoms with Crippen LogP contribution in [0.5, 0.6) is 0 Å². The van der Waals surface area contributed by atoms with Crippen molar-refractivity contribution < 1.29 is 4.79 Å².